The van der Waals surface area contributed by atoms with Gasteiger partial charge >= 0.3 is 0 Å². The number of hydrogen-bond acceptors (Lipinski definition) is 20. The van der Waals surface area contributed by atoms with Crippen LogP contribution < -0.4 is 81.4 Å². The lowest BCUT2D eigenvalue weighted by atomic mass is 10.00. The summed E-state index contributed by atoms with van der Waals surface area (Å²) in [5.74, 6) is -9.56. The molecule has 11 amide bonds. The molecule has 11 atom stereocenters. The summed E-state index contributed by atoms with van der Waals surface area (Å²) < 4.78 is 1.62. The Bertz CT molecular complexity index is 3670. The number of aryl methyl sites for hydroxylation is 1. The molecule has 0 bridgehead atoms. The van der Waals surface area contributed by atoms with E-state index in [4.69, 9.17) is 28.0 Å². The lowest BCUT2D eigenvalue weighted by Crippen LogP contribution is -2.61. The molecule has 546 valence electrons. The average molecular weight is 1420 g/mol. The van der Waals surface area contributed by atoms with E-state index in [1.165, 1.54) is 25.6 Å². The second-order valence-corrected chi connectivity index (χ2v) is 25.9. The van der Waals surface area contributed by atoms with Crippen LogP contribution in [0.1, 0.15) is 106 Å². The highest BCUT2D eigenvalue weighted by Crippen LogP contribution is 2.34. The van der Waals surface area contributed by atoms with Gasteiger partial charge in [-0.3, -0.25) is 62.4 Å². The van der Waals surface area contributed by atoms with Gasteiger partial charge < -0.3 is 91.6 Å². The molecule has 0 unspecified atom stereocenters. The van der Waals surface area contributed by atoms with Gasteiger partial charge in [0.1, 0.15) is 54.4 Å². The number of nitrogens with zero attached hydrogens (tertiary/aromatic N) is 3. The first-order valence-corrected chi connectivity index (χ1v) is 34.5. The maximum atomic E-state index is 14.7. The molecule has 5 aromatic rings. The molecule has 3 aromatic carbocycles. The summed E-state index contributed by atoms with van der Waals surface area (Å²) in [4.78, 5) is 162. The van der Waals surface area contributed by atoms with Crippen molar-refractivity contribution in [2.75, 3.05) is 39.8 Å². The van der Waals surface area contributed by atoms with Gasteiger partial charge in [-0.2, -0.15) is 5.10 Å². The van der Waals surface area contributed by atoms with Crippen LogP contribution in [0.2, 0.25) is 0 Å². The summed E-state index contributed by atoms with van der Waals surface area (Å²) in [5, 5.41) is 56.2. The number of benzene rings is 3. The van der Waals surface area contributed by atoms with Crippen molar-refractivity contribution in [1.29, 1.82) is 0 Å². The zero-order valence-electron chi connectivity index (χ0n) is 57.4. The van der Waals surface area contributed by atoms with Crippen LogP contribution >= 0.6 is 11.8 Å². The zero-order valence-corrected chi connectivity index (χ0v) is 58.2. The van der Waals surface area contributed by atoms with Crippen LogP contribution in [0.3, 0.4) is 0 Å². The van der Waals surface area contributed by atoms with E-state index in [0.717, 1.165) is 10.3 Å². The van der Waals surface area contributed by atoms with Gasteiger partial charge in [0.15, 0.2) is 0 Å². The Morgan fingerprint density at radius 1 is 0.663 bits per heavy atom. The molecule has 101 heavy (non-hydrogen) atoms. The molecule has 32 heteroatoms. The summed E-state index contributed by atoms with van der Waals surface area (Å²) in [5.41, 5.74) is 26.7. The summed E-state index contributed by atoms with van der Waals surface area (Å²) >= 11 is 1.35. The molecule has 1 fully saturated rings. The number of hydrogen-bond donors (Lipinski definition) is 17. The highest BCUT2D eigenvalue weighted by atomic mass is 32.2. The fourth-order valence-electron chi connectivity index (χ4n) is 11.0. The third kappa shape index (κ3) is 24.6. The van der Waals surface area contributed by atoms with Crippen LogP contribution in [-0.2, 0) is 60.9 Å². The zero-order chi connectivity index (χ0) is 73.7. The number of nitrogens with one attached hydrogen (secondary N) is 11. The van der Waals surface area contributed by atoms with E-state index in [1.54, 1.807) is 92.5 Å². The third-order valence-corrected chi connectivity index (χ3v) is 17.4. The Labute approximate surface area is 590 Å². The SMILES string of the molecule is CNC(=O)c1ccccc1Sc1ccc2c(/C=C/c3ccccn3)nn(CCC(=O)N[C@H](C(=O)N[C@@H](CCN)C(=O)N[C@H]3CCNC(=O)[C@H]([C@@H](C)O)NC(=O)[C@H](CCCN)NC(=O)[C@H](CCN)NC(=O)[C@H](CC(C)C)NC(=O)[C@@H](Cc4ccccc4)NC(=O)[C@H](CCN)NC3=O)[C@H](C)O)c2c1. The van der Waals surface area contributed by atoms with Crippen molar-refractivity contribution in [3.8, 4) is 0 Å². The Kier molecular flexibility index (Phi) is 32.2. The maximum absolute atomic E-state index is 14.7. The van der Waals surface area contributed by atoms with Crippen molar-refractivity contribution in [1.82, 2.24) is 73.2 Å². The fourth-order valence-corrected chi connectivity index (χ4v) is 11.9. The van der Waals surface area contributed by atoms with Gasteiger partial charge in [0, 0.05) is 47.8 Å². The van der Waals surface area contributed by atoms with E-state index < -0.39 is 139 Å². The normalized spacial score (nSPS) is 20.6. The monoisotopic (exact) mass is 1420 g/mol. The Morgan fingerprint density at radius 2 is 1.28 bits per heavy atom. The second kappa shape index (κ2) is 40.5. The number of nitrogens with two attached hydrogens (primary N) is 4. The van der Waals surface area contributed by atoms with Crippen LogP contribution in [0.15, 0.2) is 107 Å². The van der Waals surface area contributed by atoms with Crippen LogP contribution in [0.5, 0.6) is 0 Å². The minimum absolute atomic E-state index is 0.0325. The van der Waals surface area contributed by atoms with Crippen molar-refractivity contribution in [2.45, 2.75) is 168 Å². The van der Waals surface area contributed by atoms with E-state index >= 15 is 0 Å². The first kappa shape index (κ1) is 80.3. The number of aliphatic hydroxyl groups excluding tert-OH is 2. The minimum Gasteiger partial charge on any atom is -0.391 e. The van der Waals surface area contributed by atoms with Gasteiger partial charge in [0.05, 0.1) is 41.2 Å². The fraction of sp³-hybridized carbons (Fsp3) is 0.464. The molecule has 0 aliphatic carbocycles. The van der Waals surface area contributed by atoms with E-state index in [9.17, 15) is 63.0 Å². The molecule has 3 heterocycles. The Morgan fingerprint density at radius 3 is 1.90 bits per heavy atom. The Hall–Kier alpha value is -9.70. The van der Waals surface area contributed by atoms with Crippen molar-refractivity contribution in [2.24, 2.45) is 28.9 Å². The van der Waals surface area contributed by atoms with Crippen LogP contribution in [0, 0.1) is 5.92 Å². The third-order valence-electron chi connectivity index (χ3n) is 16.3. The molecule has 1 saturated heterocycles. The topological polar surface area (TPSA) is 495 Å². The molecule has 1 aliphatic rings. The molecule has 2 aromatic heterocycles. The van der Waals surface area contributed by atoms with Crippen LogP contribution in [-0.4, -0.2) is 196 Å². The second-order valence-electron chi connectivity index (χ2n) is 24.8. The molecule has 0 spiro atoms. The predicted molar refractivity (Wildman–Crippen MR) is 379 cm³/mol. The number of pyridine rings is 1. The van der Waals surface area contributed by atoms with Gasteiger partial charge in [0.2, 0.25) is 59.1 Å². The van der Waals surface area contributed by atoms with E-state index in [1.807, 2.05) is 42.5 Å². The highest BCUT2D eigenvalue weighted by molar-refractivity contribution is 7.99. The van der Waals surface area contributed by atoms with E-state index in [2.05, 4.69) is 63.5 Å². The predicted octanol–water partition coefficient (Wildman–Crippen LogP) is -1.78. The van der Waals surface area contributed by atoms with Gasteiger partial charge in [-0.15, -0.1) is 0 Å². The first-order valence-electron chi connectivity index (χ1n) is 33.7. The van der Waals surface area contributed by atoms with Gasteiger partial charge in [-0.25, -0.2) is 0 Å². The lowest BCUT2D eigenvalue weighted by Gasteiger charge is -2.28. The summed E-state index contributed by atoms with van der Waals surface area (Å²) in [6.45, 7) is 5.08. The minimum atomic E-state index is -1.69. The highest BCUT2D eigenvalue weighted by Gasteiger charge is 2.37. The molecule has 6 rings (SSSR count). The largest absolute Gasteiger partial charge is 0.391 e. The summed E-state index contributed by atoms with van der Waals surface area (Å²) in [7, 11) is 1.54. The average Bonchev–Trinajstić information content (AvgIpc) is 1.65. The quantitative estimate of drug-likeness (QED) is 0.0263. The number of carbonyl (C=O) groups is 11. The number of amides is 11. The Balaban J connectivity index is 1.28. The molecule has 31 nitrogen and oxygen atoms in total. The smallest absolute Gasteiger partial charge is 0.252 e. The van der Waals surface area contributed by atoms with E-state index in [0.29, 0.717) is 32.9 Å². The van der Waals surface area contributed by atoms with Crippen molar-refractivity contribution in [3.63, 3.8) is 0 Å². The summed E-state index contributed by atoms with van der Waals surface area (Å²) in [6, 6.07) is 13.2. The summed E-state index contributed by atoms with van der Waals surface area (Å²) in [6.07, 6.45) is 0.765. The maximum Gasteiger partial charge on any atom is 0.252 e. The molecule has 21 N–H and O–H groups in total. The lowest BCUT2D eigenvalue weighted by molar-refractivity contribution is -0.136. The number of rotatable bonds is 28. The van der Waals surface area contributed by atoms with E-state index in [-0.39, 0.29) is 95.9 Å². The van der Waals surface area contributed by atoms with Crippen molar-refractivity contribution in [3.05, 3.63) is 120 Å². The first-order chi connectivity index (χ1) is 48.4. The molecular formula is C69H96N18O13S. The van der Waals surface area contributed by atoms with Crippen LogP contribution in [0.25, 0.3) is 23.1 Å². The van der Waals surface area contributed by atoms with Crippen molar-refractivity contribution < 1.29 is 63.0 Å². The molecule has 1 aliphatic heterocycles. The number of aromatic nitrogens is 3. The van der Waals surface area contributed by atoms with Crippen molar-refractivity contribution >= 4 is 99.8 Å². The number of carbonyl (C=O) groups excluding carboxylic acids is 11. The van der Waals surface area contributed by atoms with Gasteiger partial charge in [-0.05, 0) is 151 Å². The molecular weight excluding hydrogens is 1320 g/mol. The van der Waals surface area contributed by atoms with Gasteiger partial charge in [-0.1, -0.05) is 74.1 Å². The van der Waals surface area contributed by atoms with Crippen LogP contribution in [0.4, 0.5) is 0 Å². The number of fused-ring (bicyclic) bond motifs is 1. The molecule has 0 radical (unpaired) electrons. The van der Waals surface area contributed by atoms with Gasteiger partial charge in [0.25, 0.3) is 5.91 Å². The number of aliphatic hydroxyl groups is 2. The standard InChI is InChI=1S/C69H96N18O13S/c1-39(2)36-53-66(97)79-49(24-30-71)61(92)77-48(18-13-29-70)65(96)85-58(40(3)88)68(99)76-34-27-52(64(95)78-50(25-31-72)63(94)83-54(67(98)82-53)37-42-14-7-6-8-15-42)80-62(93)51(26-32-73)81-69(100)59(41(4)89)84-57(90)28-35-87-55-38-44(101-56-19-10-9-17-46(56)60(91)74-5)21-22-45(55)47(86-87)23-20-43-16-11-12-33-75-43/h6-12,14-17,19-23,33,38-41,48-54,58-59,88-89H,13,18,24-32,34-37,70-73H2,1-5H3,(H,74,91)(H,76,99)(H,77,92)(H,78,95)(H,79,97)(H,80,93)(H,81,100)(H,82,98)(H,83,94)(H,84,90)(H,85,96)/b23-20+/t40-,41+,48+,49+,50+,51+,52+,53+,54-,58+,59+/m1/s1. The molecule has 0 saturated carbocycles.